The standard InChI is InChI=1S/C62H104O6/c1-4-7-10-13-16-19-22-25-28-30-32-34-37-40-43-46-49-52-55-61(64)67-58-59(57-66-60(63)54-51-48-45-42-39-36-33-27-24-21-18-15-12-9-6-3)68-62(65)56-53-50-47-44-41-38-35-31-29-26-23-20-17-14-11-8-5-2/h10,13,16,18-19,21-22,24-30,32,34,59H,4-9,11-12,14-15,17,20,23,31,33,35-58H2,1-3H3/b13-10-,19-16-,21-18-,25-22-,27-24-,29-26-,30-28-,34-32-. The second-order valence-electron chi connectivity index (χ2n) is 18.6. The second kappa shape index (κ2) is 55.9. The van der Waals surface area contributed by atoms with Gasteiger partial charge < -0.3 is 14.2 Å². The molecule has 0 radical (unpaired) electrons. The van der Waals surface area contributed by atoms with Gasteiger partial charge in [-0.05, 0) is 89.9 Å². The lowest BCUT2D eigenvalue weighted by Crippen LogP contribution is -2.30. The molecule has 0 aromatic carbocycles. The lowest BCUT2D eigenvalue weighted by Gasteiger charge is -2.18. The molecule has 0 aliphatic heterocycles. The van der Waals surface area contributed by atoms with Gasteiger partial charge in [-0.15, -0.1) is 0 Å². The summed E-state index contributed by atoms with van der Waals surface area (Å²) in [7, 11) is 0. The lowest BCUT2D eigenvalue weighted by atomic mass is 10.1. The molecule has 0 N–H and O–H groups in total. The molecule has 1 unspecified atom stereocenters. The molecule has 0 heterocycles. The predicted octanol–water partition coefficient (Wildman–Crippen LogP) is 18.9. The van der Waals surface area contributed by atoms with Gasteiger partial charge in [0.05, 0.1) is 0 Å². The van der Waals surface area contributed by atoms with E-state index in [1.54, 1.807) is 0 Å². The van der Waals surface area contributed by atoms with Crippen LogP contribution in [0.1, 0.15) is 258 Å². The number of hydrogen-bond donors (Lipinski definition) is 0. The van der Waals surface area contributed by atoms with Crippen molar-refractivity contribution < 1.29 is 28.6 Å². The first kappa shape index (κ1) is 64.3. The number of unbranched alkanes of at least 4 members (excludes halogenated alkanes) is 28. The molecule has 0 bridgehead atoms. The Morgan fingerprint density at radius 3 is 0.971 bits per heavy atom. The van der Waals surface area contributed by atoms with Crippen LogP contribution < -0.4 is 0 Å². The fourth-order valence-electron chi connectivity index (χ4n) is 7.63. The first-order valence-corrected chi connectivity index (χ1v) is 28.3. The average Bonchev–Trinajstić information content (AvgIpc) is 3.34. The highest BCUT2D eigenvalue weighted by Gasteiger charge is 2.19. The van der Waals surface area contributed by atoms with Gasteiger partial charge in [-0.2, -0.15) is 0 Å². The summed E-state index contributed by atoms with van der Waals surface area (Å²) in [6.07, 6.45) is 73.8. The molecule has 0 rings (SSSR count). The third-order valence-electron chi connectivity index (χ3n) is 11.9. The van der Waals surface area contributed by atoms with E-state index in [0.717, 1.165) is 89.9 Å². The van der Waals surface area contributed by atoms with E-state index in [2.05, 4.69) is 93.7 Å². The van der Waals surface area contributed by atoms with Crippen molar-refractivity contribution in [2.24, 2.45) is 0 Å². The van der Waals surface area contributed by atoms with Crippen LogP contribution in [0, 0.1) is 0 Å². The Balaban J connectivity index is 4.47. The maximum Gasteiger partial charge on any atom is 0.306 e. The highest BCUT2D eigenvalue weighted by atomic mass is 16.6. The van der Waals surface area contributed by atoms with E-state index < -0.39 is 6.10 Å². The van der Waals surface area contributed by atoms with Crippen LogP contribution in [0.15, 0.2) is 97.2 Å². The van der Waals surface area contributed by atoms with E-state index in [4.69, 9.17) is 14.2 Å². The molecule has 0 aromatic rings. The van der Waals surface area contributed by atoms with Crippen molar-refractivity contribution in [3.8, 4) is 0 Å². The fourth-order valence-corrected chi connectivity index (χ4v) is 7.63. The Morgan fingerprint density at radius 1 is 0.294 bits per heavy atom. The number of ether oxygens (including phenoxy) is 3. The molecule has 0 saturated carbocycles. The molecule has 1 atom stereocenters. The summed E-state index contributed by atoms with van der Waals surface area (Å²) in [5.41, 5.74) is 0. The van der Waals surface area contributed by atoms with Crippen molar-refractivity contribution in [2.45, 2.75) is 264 Å². The summed E-state index contributed by atoms with van der Waals surface area (Å²) in [6, 6.07) is 0. The number of allylic oxidation sites excluding steroid dienone is 16. The third-order valence-corrected chi connectivity index (χ3v) is 11.9. The molecule has 0 amide bonds. The maximum atomic E-state index is 12.9. The number of hydrogen-bond acceptors (Lipinski definition) is 6. The van der Waals surface area contributed by atoms with Gasteiger partial charge in [0.25, 0.3) is 0 Å². The second-order valence-corrected chi connectivity index (χ2v) is 18.6. The average molecular weight is 946 g/mol. The van der Waals surface area contributed by atoms with Crippen LogP contribution in [-0.2, 0) is 28.6 Å². The minimum atomic E-state index is -0.797. The van der Waals surface area contributed by atoms with Gasteiger partial charge in [-0.25, -0.2) is 0 Å². The Bertz CT molecular complexity index is 1360. The summed E-state index contributed by atoms with van der Waals surface area (Å²) >= 11 is 0. The molecule has 0 aliphatic carbocycles. The van der Waals surface area contributed by atoms with Crippen molar-refractivity contribution in [1.82, 2.24) is 0 Å². The van der Waals surface area contributed by atoms with E-state index >= 15 is 0 Å². The molecule has 0 aromatic heterocycles. The van der Waals surface area contributed by atoms with E-state index in [0.29, 0.717) is 19.3 Å². The van der Waals surface area contributed by atoms with Crippen molar-refractivity contribution in [3.05, 3.63) is 97.2 Å². The molecular formula is C62H104O6. The van der Waals surface area contributed by atoms with E-state index in [-0.39, 0.29) is 31.1 Å². The summed E-state index contributed by atoms with van der Waals surface area (Å²) in [6.45, 7) is 6.49. The number of rotatable bonds is 50. The Hall–Kier alpha value is -3.67. The molecule has 6 heteroatoms. The number of esters is 3. The summed E-state index contributed by atoms with van der Waals surface area (Å²) in [4.78, 5) is 38.1. The first-order chi connectivity index (χ1) is 33.5. The Morgan fingerprint density at radius 2 is 0.574 bits per heavy atom. The van der Waals surface area contributed by atoms with Gasteiger partial charge in [0.2, 0.25) is 0 Å². The molecular weight excluding hydrogens is 841 g/mol. The Labute approximate surface area is 419 Å². The molecule has 0 fully saturated rings. The van der Waals surface area contributed by atoms with Gasteiger partial charge in [0, 0.05) is 19.3 Å². The smallest absolute Gasteiger partial charge is 0.306 e. The summed E-state index contributed by atoms with van der Waals surface area (Å²) < 4.78 is 16.8. The maximum absolute atomic E-state index is 12.9. The monoisotopic (exact) mass is 945 g/mol. The minimum absolute atomic E-state index is 0.0944. The van der Waals surface area contributed by atoms with Crippen LogP contribution in [0.3, 0.4) is 0 Å². The van der Waals surface area contributed by atoms with Crippen molar-refractivity contribution >= 4 is 17.9 Å². The van der Waals surface area contributed by atoms with Gasteiger partial charge in [-0.1, -0.05) is 246 Å². The van der Waals surface area contributed by atoms with Crippen LogP contribution in [0.4, 0.5) is 0 Å². The quantitative estimate of drug-likeness (QED) is 0.0199. The van der Waals surface area contributed by atoms with Crippen LogP contribution in [0.5, 0.6) is 0 Å². The Kier molecular flexibility index (Phi) is 52.9. The van der Waals surface area contributed by atoms with Crippen LogP contribution in [0.25, 0.3) is 0 Å². The van der Waals surface area contributed by atoms with E-state index in [1.807, 2.05) is 24.3 Å². The fraction of sp³-hybridized carbons (Fsp3) is 0.694. The zero-order valence-electron chi connectivity index (χ0n) is 44.3. The van der Waals surface area contributed by atoms with E-state index in [9.17, 15) is 14.4 Å². The minimum Gasteiger partial charge on any atom is -0.462 e. The van der Waals surface area contributed by atoms with Gasteiger partial charge >= 0.3 is 17.9 Å². The van der Waals surface area contributed by atoms with Crippen molar-refractivity contribution in [1.29, 1.82) is 0 Å². The number of carbonyl (C=O) groups excluding carboxylic acids is 3. The van der Waals surface area contributed by atoms with Crippen LogP contribution in [-0.4, -0.2) is 37.2 Å². The van der Waals surface area contributed by atoms with Gasteiger partial charge in [0.15, 0.2) is 6.10 Å². The zero-order valence-corrected chi connectivity index (χ0v) is 44.3. The molecule has 0 saturated heterocycles. The van der Waals surface area contributed by atoms with Crippen molar-refractivity contribution in [3.63, 3.8) is 0 Å². The molecule has 0 aliphatic rings. The van der Waals surface area contributed by atoms with Gasteiger partial charge in [0.1, 0.15) is 13.2 Å². The highest BCUT2D eigenvalue weighted by Crippen LogP contribution is 2.14. The summed E-state index contributed by atoms with van der Waals surface area (Å²) in [5, 5.41) is 0. The SMILES string of the molecule is CCC\C=C/C=C\C=C/C=C\C=C/CCCCCCCC(=O)OCC(COC(=O)CCCCCCCC/C=C\C=C/CCCCC)OC(=O)CCCCCCCCC/C=C\CCCCCCCC. The predicted molar refractivity (Wildman–Crippen MR) is 293 cm³/mol. The van der Waals surface area contributed by atoms with Crippen LogP contribution in [0.2, 0.25) is 0 Å². The van der Waals surface area contributed by atoms with E-state index in [1.165, 1.54) is 128 Å². The normalized spacial score (nSPS) is 12.8. The molecule has 0 spiro atoms. The van der Waals surface area contributed by atoms with Gasteiger partial charge in [-0.3, -0.25) is 14.4 Å². The number of carbonyl (C=O) groups is 3. The largest absolute Gasteiger partial charge is 0.462 e. The van der Waals surface area contributed by atoms with Crippen molar-refractivity contribution in [2.75, 3.05) is 13.2 Å². The first-order valence-electron chi connectivity index (χ1n) is 28.3. The molecule has 68 heavy (non-hydrogen) atoms. The zero-order chi connectivity index (χ0) is 49.3. The van der Waals surface area contributed by atoms with Crippen LogP contribution >= 0.6 is 0 Å². The third kappa shape index (κ3) is 53.3. The lowest BCUT2D eigenvalue weighted by molar-refractivity contribution is -0.167. The highest BCUT2D eigenvalue weighted by molar-refractivity contribution is 5.71. The molecule has 388 valence electrons. The topological polar surface area (TPSA) is 78.9 Å². The summed E-state index contributed by atoms with van der Waals surface area (Å²) in [5.74, 6) is -0.932. The molecule has 6 nitrogen and oxygen atoms in total.